The number of Topliss-reactive ketones (excluding diaryl/α,β-unsaturated/α-hetero) is 1. The molecule has 0 bridgehead atoms. The summed E-state index contributed by atoms with van der Waals surface area (Å²) in [6.45, 7) is -0.134. The number of methoxy groups -OCH3 is 1. The third-order valence-electron chi connectivity index (χ3n) is 4.73. The number of hydrogen-bond donors (Lipinski definition) is 0. The van der Waals surface area contributed by atoms with E-state index in [4.69, 9.17) is 37.4 Å². The van der Waals surface area contributed by atoms with Crippen LogP contribution in [0.4, 0.5) is 0 Å². The molecule has 0 atom stereocenters. The van der Waals surface area contributed by atoms with Gasteiger partial charge in [0.1, 0.15) is 0 Å². The topological polar surface area (TPSA) is 74.2 Å². The predicted molar refractivity (Wildman–Crippen MR) is 126 cm³/mol. The molecule has 0 saturated heterocycles. The zero-order valence-electron chi connectivity index (χ0n) is 17.4. The molecule has 4 rings (SSSR count). The maximum absolute atomic E-state index is 12.3. The van der Waals surface area contributed by atoms with E-state index in [2.05, 4.69) is 4.99 Å². The Morgan fingerprint density at radius 3 is 2.52 bits per heavy atom. The highest BCUT2D eigenvalue weighted by molar-refractivity contribution is 6.42. The second-order valence-corrected chi connectivity index (χ2v) is 7.77. The average molecular weight is 482 g/mol. The molecule has 3 aromatic rings. The van der Waals surface area contributed by atoms with Crippen LogP contribution in [0.25, 0.3) is 6.08 Å². The van der Waals surface area contributed by atoms with Gasteiger partial charge < -0.3 is 14.2 Å². The number of carbonyl (C=O) groups excluding carboxylic acids is 2. The molecule has 0 radical (unpaired) electrons. The Bertz CT molecular complexity index is 1290. The largest absolute Gasteiger partial charge is 0.493 e. The van der Waals surface area contributed by atoms with Crippen LogP contribution < -0.4 is 9.47 Å². The summed E-state index contributed by atoms with van der Waals surface area (Å²) in [5, 5.41) is 0.720. The number of esters is 1. The number of cyclic esters (lactones) is 1. The molecular formula is C25H17Cl2NO5. The Morgan fingerprint density at radius 1 is 1.00 bits per heavy atom. The molecule has 0 spiro atoms. The molecule has 0 saturated carbocycles. The summed E-state index contributed by atoms with van der Waals surface area (Å²) in [6, 6.07) is 18.8. The van der Waals surface area contributed by atoms with Gasteiger partial charge in [-0.2, -0.15) is 0 Å². The molecular weight excluding hydrogens is 465 g/mol. The summed E-state index contributed by atoms with van der Waals surface area (Å²) < 4.78 is 16.3. The van der Waals surface area contributed by atoms with Gasteiger partial charge in [0, 0.05) is 11.1 Å². The van der Waals surface area contributed by atoms with E-state index in [-0.39, 0.29) is 24.0 Å². The van der Waals surface area contributed by atoms with E-state index in [1.165, 1.54) is 7.11 Å². The Morgan fingerprint density at radius 2 is 1.79 bits per heavy atom. The van der Waals surface area contributed by atoms with Crippen molar-refractivity contribution < 1.29 is 23.8 Å². The first-order valence-electron chi connectivity index (χ1n) is 9.81. The second kappa shape index (κ2) is 9.90. The lowest BCUT2D eigenvalue weighted by molar-refractivity contribution is -0.129. The molecule has 3 aromatic carbocycles. The second-order valence-electron chi connectivity index (χ2n) is 6.95. The molecule has 1 aliphatic rings. The third kappa shape index (κ3) is 5.25. The SMILES string of the molecule is COc1cc(/C=C2\N=C(c3ccc(Cl)c(Cl)c3)OC2=O)ccc1OCC(=O)c1ccccc1. The van der Waals surface area contributed by atoms with Gasteiger partial charge in [-0.05, 0) is 42.0 Å². The van der Waals surface area contributed by atoms with E-state index in [0.717, 1.165) is 0 Å². The highest BCUT2D eigenvalue weighted by Crippen LogP contribution is 2.30. The van der Waals surface area contributed by atoms with E-state index in [1.54, 1.807) is 66.7 Å². The zero-order chi connectivity index (χ0) is 23.4. The van der Waals surface area contributed by atoms with Gasteiger partial charge in [0.15, 0.2) is 29.6 Å². The average Bonchev–Trinajstić information content (AvgIpc) is 3.20. The van der Waals surface area contributed by atoms with Crippen LogP contribution in [0.15, 0.2) is 77.4 Å². The van der Waals surface area contributed by atoms with E-state index in [0.29, 0.717) is 38.2 Å². The minimum atomic E-state index is -0.594. The maximum atomic E-state index is 12.3. The third-order valence-corrected chi connectivity index (χ3v) is 5.47. The lowest BCUT2D eigenvalue weighted by atomic mass is 10.1. The van der Waals surface area contributed by atoms with Gasteiger partial charge in [0.25, 0.3) is 0 Å². The van der Waals surface area contributed by atoms with Crippen molar-refractivity contribution in [1.29, 1.82) is 0 Å². The fourth-order valence-corrected chi connectivity index (χ4v) is 3.36. The number of hydrogen-bond acceptors (Lipinski definition) is 6. The predicted octanol–water partition coefficient (Wildman–Crippen LogP) is 5.61. The highest BCUT2D eigenvalue weighted by Gasteiger charge is 2.24. The quantitative estimate of drug-likeness (QED) is 0.249. The number of ketones is 1. The number of ether oxygens (including phenoxy) is 3. The Hall–Kier alpha value is -3.61. The molecule has 1 aliphatic heterocycles. The first-order valence-corrected chi connectivity index (χ1v) is 10.6. The van der Waals surface area contributed by atoms with Crippen LogP contribution in [-0.4, -0.2) is 31.4 Å². The van der Waals surface area contributed by atoms with Gasteiger partial charge in [0.05, 0.1) is 17.2 Å². The minimum absolute atomic E-state index is 0.117. The van der Waals surface area contributed by atoms with Crippen LogP contribution in [0, 0.1) is 0 Å². The van der Waals surface area contributed by atoms with Gasteiger partial charge in [0.2, 0.25) is 5.90 Å². The molecule has 0 fully saturated rings. The molecule has 0 aromatic heterocycles. The number of benzene rings is 3. The lowest BCUT2D eigenvalue weighted by Crippen LogP contribution is -2.11. The molecule has 6 nitrogen and oxygen atoms in total. The Balaban J connectivity index is 1.52. The first kappa shape index (κ1) is 22.6. The standard InChI is InChI=1S/C25H17Cl2NO5/c1-31-23-12-15(7-10-22(23)32-14-21(29)16-5-3-2-4-6-16)11-20-25(30)33-24(28-20)17-8-9-18(26)19(27)13-17/h2-13H,14H2,1H3/b20-11-. The van der Waals surface area contributed by atoms with Gasteiger partial charge in [-0.3, -0.25) is 4.79 Å². The monoisotopic (exact) mass is 481 g/mol. The normalized spacial score (nSPS) is 14.1. The molecule has 0 N–H and O–H groups in total. The number of carbonyl (C=O) groups is 2. The van der Waals surface area contributed by atoms with E-state index in [1.807, 2.05) is 6.07 Å². The maximum Gasteiger partial charge on any atom is 0.363 e. The van der Waals surface area contributed by atoms with Crippen molar-refractivity contribution in [2.45, 2.75) is 0 Å². The van der Waals surface area contributed by atoms with Crippen molar-refractivity contribution in [3.63, 3.8) is 0 Å². The molecule has 1 heterocycles. The van der Waals surface area contributed by atoms with Crippen molar-refractivity contribution in [3.05, 3.63) is 99.2 Å². The summed E-state index contributed by atoms with van der Waals surface area (Å²) >= 11 is 12.0. The van der Waals surface area contributed by atoms with Crippen molar-refractivity contribution in [2.75, 3.05) is 13.7 Å². The summed E-state index contributed by atoms with van der Waals surface area (Å²) in [5.74, 6) is 0.199. The van der Waals surface area contributed by atoms with Gasteiger partial charge in [-0.25, -0.2) is 9.79 Å². The number of nitrogens with zero attached hydrogens (tertiary/aromatic N) is 1. The van der Waals surface area contributed by atoms with Crippen LogP contribution in [0.2, 0.25) is 10.0 Å². The number of aliphatic imine (C=N–C) groups is 1. The lowest BCUT2D eigenvalue weighted by Gasteiger charge is -2.11. The van der Waals surface area contributed by atoms with Crippen molar-refractivity contribution in [3.8, 4) is 11.5 Å². The van der Waals surface area contributed by atoms with Crippen LogP contribution in [0.1, 0.15) is 21.5 Å². The van der Waals surface area contributed by atoms with E-state index >= 15 is 0 Å². The van der Waals surface area contributed by atoms with Crippen molar-refractivity contribution >= 4 is 46.9 Å². The molecule has 33 heavy (non-hydrogen) atoms. The molecule has 8 heteroatoms. The number of halogens is 2. The molecule has 0 amide bonds. The molecule has 0 unspecified atom stereocenters. The Labute approximate surface area is 200 Å². The summed E-state index contributed by atoms with van der Waals surface area (Å²) in [5.41, 5.74) is 1.85. The van der Waals surface area contributed by atoms with Crippen molar-refractivity contribution in [1.82, 2.24) is 0 Å². The summed E-state index contributed by atoms with van der Waals surface area (Å²) in [4.78, 5) is 28.8. The smallest absolute Gasteiger partial charge is 0.363 e. The van der Waals surface area contributed by atoms with E-state index in [9.17, 15) is 9.59 Å². The summed E-state index contributed by atoms with van der Waals surface area (Å²) in [7, 11) is 1.49. The van der Waals surface area contributed by atoms with Crippen LogP contribution in [-0.2, 0) is 9.53 Å². The van der Waals surface area contributed by atoms with Gasteiger partial charge in [-0.1, -0.05) is 59.6 Å². The molecule has 166 valence electrons. The highest BCUT2D eigenvalue weighted by atomic mass is 35.5. The molecule has 0 aliphatic carbocycles. The zero-order valence-corrected chi connectivity index (χ0v) is 18.9. The minimum Gasteiger partial charge on any atom is -0.493 e. The fraction of sp³-hybridized carbons (Fsp3) is 0.0800. The van der Waals surface area contributed by atoms with Gasteiger partial charge >= 0.3 is 5.97 Å². The van der Waals surface area contributed by atoms with Crippen LogP contribution >= 0.6 is 23.2 Å². The van der Waals surface area contributed by atoms with Crippen LogP contribution in [0.5, 0.6) is 11.5 Å². The number of rotatable bonds is 7. The van der Waals surface area contributed by atoms with Crippen molar-refractivity contribution in [2.24, 2.45) is 4.99 Å². The summed E-state index contributed by atoms with van der Waals surface area (Å²) in [6.07, 6.45) is 1.56. The first-order chi connectivity index (χ1) is 15.9. The van der Waals surface area contributed by atoms with Gasteiger partial charge in [-0.15, -0.1) is 0 Å². The van der Waals surface area contributed by atoms with Crippen LogP contribution in [0.3, 0.4) is 0 Å². The van der Waals surface area contributed by atoms with E-state index < -0.39 is 5.97 Å². The Kier molecular flexibility index (Phi) is 6.77. The fourth-order valence-electron chi connectivity index (χ4n) is 3.06.